The van der Waals surface area contributed by atoms with E-state index in [1.807, 2.05) is 43.3 Å². The second-order valence-electron chi connectivity index (χ2n) is 5.56. The van der Waals surface area contributed by atoms with E-state index in [-0.39, 0.29) is 0 Å². The molecule has 0 aliphatic rings. The summed E-state index contributed by atoms with van der Waals surface area (Å²) < 4.78 is 11.7. The van der Waals surface area contributed by atoms with Crippen molar-refractivity contribution in [2.75, 3.05) is 0 Å². The summed E-state index contributed by atoms with van der Waals surface area (Å²) in [6.45, 7) is 4.32. The van der Waals surface area contributed by atoms with Gasteiger partial charge >= 0.3 is 0 Å². The fraction of sp³-hybridized carbons (Fsp3) is 0.250. The molecule has 0 saturated carbocycles. The monoisotopic (exact) mass is 339 g/mol. The maximum absolute atomic E-state index is 5.84. The van der Waals surface area contributed by atoms with E-state index in [4.69, 9.17) is 9.47 Å². The van der Waals surface area contributed by atoms with Gasteiger partial charge in [-0.05, 0) is 18.1 Å². The largest absolute Gasteiger partial charge is 0.371 e. The first kappa shape index (κ1) is 16.8. The van der Waals surface area contributed by atoms with Gasteiger partial charge in [0.2, 0.25) is 0 Å². The third-order valence-electron chi connectivity index (χ3n) is 3.58. The molecule has 0 fully saturated rings. The molecule has 0 spiro atoms. The van der Waals surface area contributed by atoms with Crippen molar-refractivity contribution in [1.29, 1.82) is 0 Å². The van der Waals surface area contributed by atoms with E-state index in [1.54, 1.807) is 11.3 Å². The van der Waals surface area contributed by atoms with Crippen LogP contribution in [0.25, 0.3) is 0 Å². The van der Waals surface area contributed by atoms with E-state index < -0.39 is 0 Å². The van der Waals surface area contributed by atoms with Gasteiger partial charge in [-0.1, -0.05) is 60.7 Å². The van der Waals surface area contributed by atoms with E-state index in [9.17, 15) is 0 Å². The van der Waals surface area contributed by atoms with Crippen LogP contribution in [0.15, 0.2) is 60.7 Å². The summed E-state index contributed by atoms with van der Waals surface area (Å²) in [4.78, 5) is 5.73. The predicted molar refractivity (Wildman–Crippen MR) is 96.7 cm³/mol. The number of hydrogen-bond donors (Lipinski definition) is 0. The van der Waals surface area contributed by atoms with Gasteiger partial charge in [-0.25, -0.2) is 4.98 Å². The Hall–Kier alpha value is -2.01. The first-order valence-corrected chi connectivity index (χ1v) is 8.81. The highest BCUT2D eigenvalue weighted by molar-refractivity contribution is 7.11. The Balaban J connectivity index is 1.51. The van der Waals surface area contributed by atoms with Gasteiger partial charge in [0.05, 0.1) is 42.0 Å². The summed E-state index contributed by atoms with van der Waals surface area (Å²) in [5, 5.41) is 1.05. The maximum Gasteiger partial charge on any atom is 0.0904 e. The lowest BCUT2D eigenvalue weighted by Gasteiger charge is -2.06. The topological polar surface area (TPSA) is 31.4 Å². The fourth-order valence-electron chi connectivity index (χ4n) is 2.41. The zero-order valence-corrected chi connectivity index (χ0v) is 14.6. The van der Waals surface area contributed by atoms with Crippen LogP contribution in [0.1, 0.15) is 26.7 Å². The minimum Gasteiger partial charge on any atom is -0.371 e. The molecule has 2 aromatic carbocycles. The molecule has 1 heterocycles. The number of benzene rings is 2. The van der Waals surface area contributed by atoms with Crippen molar-refractivity contribution >= 4 is 11.3 Å². The number of aromatic nitrogens is 1. The normalized spacial score (nSPS) is 10.9. The van der Waals surface area contributed by atoms with E-state index in [0.29, 0.717) is 26.4 Å². The summed E-state index contributed by atoms with van der Waals surface area (Å²) >= 11 is 1.68. The van der Waals surface area contributed by atoms with Crippen molar-refractivity contribution in [2.24, 2.45) is 0 Å². The van der Waals surface area contributed by atoms with E-state index in [1.165, 1.54) is 11.1 Å². The molecule has 4 heteroatoms. The highest BCUT2D eigenvalue weighted by Crippen LogP contribution is 2.21. The highest BCUT2D eigenvalue weighted by Gasteiger charge is 2.10. The smallest absolute Gasteiger partial charge is 0.0904 e. The van der Waals surface area contributed by atoms with Gasteiger partial charge in [-0.2, -0.15) is 0 Å². The van der Waals surface area contributed by atoms with Crippen LogP contribution >= 0.6 is 11.3 Å². The van der Waals surface area contributed by atoms with Crippen molar-refractivity contribution in [1.82, 2.24) is 4.98 Å². The molecule has 24 heavy (non-hydrogen) atoms. The van der Waals surface area contributed by atoms with E-state index in [0.717, 1.165) is 15.6 Å². The van der Waals surface area contributed by atoms with E-state index in [2.05, 4.69) is 29.2 Å². The molecule has 0 saturated heterocycles. The maximum atomic E-state index is 5.84. The van der Waals surface area contributed by atoms with Gasteiger partial charge in [-0.3, -0.25) is 0 Å². The lowest BCUT2D eigenvalue weighted by molar-refractivity contribution is 0.0933. The Bertz CT molecular complexity index is 678. The second kappa shape index (κ2) is 8.73. The van der Waals surface area contributed by atoms with Gasteiger partial charge in [-0.15, -0.1) is 11.3 Å². The minimum atomic E-state index is 0.517. The third kappa shape index (κ3) is 4.99. The first-order chi connectivity index (χ1) is 11.8. The van der Waals surface area contributed by atoms with Crippen LogP contribution in [-0.2, 0) is 35.9 Å². The van der Waals surface area contributed by atoms with Crippen LogP contribution in [0.5, 0.6) is 0 Å². The molecule has 0 N–H and O–H groups in total. The summed E-state index contributed by atoms with van der Waals surface area (Å²) in [6.07, 6.45) is 0. The number of thiazole rings is 1. The predicted octanol–water partition coefficient (Wildman–Crippen LogP) is 4.89. The standard InChI is InChI=1S/C20H21NO2S/c1-16-21-19(14-22-12-17-8-4-2-5-9-17)20(24-16)15-23-13-18-10-6-3-7-11-18/h2-11H,12-15H2,1H3. The van der Waals surface area contributed by atoms with Crippen LogP contribution in [0.2, 0.25) is 0 Å². The summed E-state index contributed by atoms with van der Waals surface area (Å²) in [6, 6.07) is 20.4. The molecule has 0 amide bonds. The van der Waals surface area contributed by atoms with Gasteiger partial charge in [0.25, 0.3) is 0 Å². The Morgan fingerprint density at radius 3 is 1.88 bits per heavy atom. The summed E-state index contributed by atoms with van der Waals surface area (Å²) in [7, 11) is 0. The molecule has 3 nitrogen and oxygen atoms in total. The Morgan fingerprint density at radius 1 is 0.750 bits per heavy atom. The molecule has 3 rings (SSSR count). The third-order valence-corrected chi connectivity index (χ3v) is 4.57. The molecule has 124 valence electrons. The highest BCUT2D eigenvalue weighted by atomic mass is 32.1. The Labute approximate surface area is 146 Å². The van der Waals surface area contributed by atoms with Gasteiger partial charge < -0.3 is 9.47 Å². The van der Waals surface area contributed by atoms with Crippen molar-refractivity contribution in [3.05, 3.63) is 87.4 Å². The summed E-state index contributed by atoms with van der Waals surface area (Å²) in [5.74, 6) is 0. The molecule has 0 unspecified atom stereocenters. The van der Waals surface area contributed by atoms with Crippen LogP contribution in [0.3, 0.4) is 0 Å². The molecule has 0 aliphatic carbocycles. The number of rotatable bonds is 8. The van der Waals surface area contributed by atoms with Crippen molar-refractivity contribution in [3.8, 4) is 0 Å². The van der Waals surface area contributed by atoms with Crippen LogP contribution in [-0.4, -0.2) is 4.98 Å². The lowest BCUT2D eigenvalue weighted by atomic mass is 10.2. The van der Waals surface area contributed by atoms with Crippen LogP contribution in [0.4, 0.5) is 0 Å². The number of hydrogen-bond acceptors (Lipinski definition) is 4. The van der Waals surface area contributed by atoms with Gasteiger partial charge in [0.15, 0.2) is 0 Å². The molecular formula is C20H21NO2S. The molecular weight excluding hydrogens is 318 g/mol. The SMILES string of the molecule is Cc1nc(COCc2ccccc2)c(COCc2ccccc2)s1. The number of nitrogens with zero attached hydrogens (tertiary/aromatic N) is 1. The van der Waals surface area contributed by atoms with Gasteiger partial charge in [0.1, 0.15) is 0 Å². The number of aryl methyl sites for hydroxylation is 1. The molecule has 0 bridgehead atoms. The van der Waals surface area contributed by atoms with Crippen molar-refractivity contribution < 1.29 is 9.47 Å². The molecule has 0 radical (unpaired) electrons. The van der Waals surface area contributed by atoms with Crippen LogP contribution in [0, 0.1) is 6.92 Å². The van der Waals surface area contributed by atoms with Crippen molar-refractivity contribution in [2.45, 2.75) is 33.4 Å². The zero-order chi connectivity index (χ0) is 16.6. The fourth-order valence-corrected chi connectivity index (χ4v) is 3.29. The van der Waals surface area contributed by atoms with Gasteiger partial charge in [0, 0.05) is 0 Å². The minimum absolute atomic E-state index is 0.517. The molecule has 3 aromatic rings. The summed E-state index contributed by atoms with van der Waals surface area (Å²) in [5.41, 5.74) is 3.34. The average molecular weight is 339 g/mol. The van der Waals surface area contributed by atoms with Crippen LogP contribution < -0.4 is 0 Å². The number of ether oxygens (including phenoxy) is 2. The zero-order valence-electron chi connectivity index (χ0n) is 13.8. The van der Waals surface area contributed by atoms with E-state index >= 15 is 0 Å². The molecule has 0 atom stereocenters. The lowest BCUT2D eigenvalue weighted by Crippen LogP contribution is -1.99. The molecule has 0 aliphatic heterocycles. The first-order valence-electron chi connectivity index (χ1n) is 8.00. The molecule has 1 aromatic heterocycles. The second-order valence-corrected chi connectivity index (χ2v) is 6.85. The Morgan fingerprint density at radius 2 is 1.29 bits per heavy atom. The quantitative estimate of drug-likeness (QED) is 0.586. The Kier molecular flexibility index (Phi) is 6.13. The van der Waals surface area contributed by atoms with Crippen molar-refractivity contribution in [3.63, 3.8) is 0 Å². The average Bonchev–Trinajstić information content (AvgIpc) is 2.96.